The zero-order valence-corrected chi connectivity index (χ0v) is 9.14. The predicted molar refractivity (Wildman–Crippen MR) is 71.1 cm³/mol. The van der Waals surface area contributed by atoms with Crippen molar-refractivity contribution in [2.75, 3.05) is 5.32 Å². The average molecular weight is 230 g/mol. The van der Waals surface area contributed by atoms with E-state index in [0.717, 1.165) is 16.9 Å². The van der Waals surface area contributed by atoms with Crippen LogP contribution in [-0.2, 0) is 6.54 Å². The first kappa shape index (κ1) is 13.1. The molecule has 1 aromatic carbocycles. The van der Waals surface area contributed by atoms with E-state index < -0.39 is 0 Å². The lowest BCUT2D eigenvalue weighted by atomic mass is 10.2. The third kappa shape index (κ3) is 3.53. The second-order valence-corrected chi connectivity index (χ2v) is 3.55. The van der Waals surface area contributed by atoms with Crippen LogP contribution in [0.1, 0.15) is 18.7 Å². The molecule has 0 unspecified atom stereocenters. The fourth-order valence-electron chi connectivity index (χ4n) is 1.41. The Balaban J connectivity index is 0.00000144. The third-order valence-corrected chi connectivity index (χ3v) is 2.21. The van der Waals surface area contributed by atoms with Gasteiger partial charge in [0.05, 0.1) is 0 Å². The van der Waals surface area contributed by atoms with Crippen LogP contribution >= 0.6 is 0 Å². The highest BCUT2D eigenvalue weighted by atomic mass is 15.1. The van der Waals surface area contributed by atoms with E-state index >= 15 is 0 Å². The van der Waals surface area contributed by atoms with Gasteiger partial charge in [-0.25, -0.2) is 9.97 Å². The van der Waals surface area contributed by atoms with Crippen molar-refractivity contribution in [2.24, 2.45) is 5.73 Å². The largest absolute Gasteiger partial charge is 0.326 e. The predicted octanol–water partition coefficient (Wildman–Crippen LogP) is 2.62. The van der Waals surface area contributed by atoms with Crippen LogP contribution < -0.4 is 11.1 Å². The Morgan fingerprint density at radius 1 is 1.29 bits per heavy atom. The zero-order valence-electron chi connectivity index (χ0n) is 9.14. The van der Waals surface area contributed by atoms with Crippen LogP contribution in [0.5, 0.6) is 0 Å². The summed E-state index contributed by atoms with van der Waals surface area (Å²) in [6.07, 6.45) is 1.73. The summed E-state index contributed by atoms with van der Waals surface area (Å²) in [6.45, 7) is 2.47. The maximum absolute atomic E-state index is 5.58. The maximum atomic E-state index is 5.58. The molecule has 0 atom stereocenters. The monoisotopic (exact) mass is 230 g/mol. The molecule has 0 bridgehead atoms. The quantitative estimate of drug-likeness (QED) is 0.850. The first-order valence-corrected chi connectivity index (χ1v) is 5.13. The smallest absolute Gasteiger partial charge is 0.227 e. The standard InChI is InChI=1S/C12H14N4.CH4/c1-9-5-6-14-12(15-9)16-11-4-2-3-10(7-11)8-13;/h2-7H,8,13H2,1H3,(H,14,15,16);1H4. The Bertz CT molecular complexity index is 482. The summed E-state index contributed by atoms with van der Waals surface area (Å²) >= 11 is 0. The van der Waals surface area contributed by atoms with Gasteiger partial charge < -0.3 is 11.1 Å². The summed E-state index contributed by atoms with van der Waals surface area (Å²) in [7, 11) is 0. The van der Waals surface area contributed by atoms with Crippen LogP contribution in [0.4, 0.5) is 11.6 Å². The van der Waals surface area contributed by atoms with E-state index in [1.165, 1.54) is 0 Å². The topological polar surface area (TPSA) is 63.8 Å². The van der Waals surface area contributed by atoms with E-state index in [1.54, 1.807) is 6.20 Å². The van der Waals surface area contributed by atoms with Crippen LogP contribution in [0.3, 0.4) is 0 Å². The van der Waals surface area contributed by atoms with Crippen molar-refractivity contribution in [1.82, 2.24) is 9.97 Å². The molecule has 0 saturated carbocycles. The number of aryl methyl sites for hydroxylation is 1. The van der Waals surface area contributed by atoms with Crippen LogP contribution in [0, 0.1) is 6.92 Å². The SMILES string of the molecule is C.Cc1ccnc(Nc2cccc(CN)c2)n1. The van der Waals surface area contributed by atoms with Gasteiger partial charge in [0.2, 0.25) is 5.95 Å². The Labute approximate surface area is 102 Å². The van der Waals surface area contributed by atoms with Gasteiger partial charge >= 0.3 is 0 Å². The Morgan fingerprint density at radius 2 is 2.12 bits per heavy atom. The fourth-order valence-corrected chi connectivity index (χ4v) is 1.41. The van der Waals surface area contributed by atoms with Gasteiger partial charge in [0.1, 0.15) is 0 Å². The summed E-state index contributed by atoms with van der Waals surface area (Å²) in [6, 6.07) is 9.76. The molecule has 0 aliphatic carbocycles. The molecule has 17 heavy (non-hydrogen) atoms. The van der Waals surface area contributed by atoms with Crippen LogP contribution in [0.25, 0.3) is 0 Å². The lowest BCUT2D eigenvalue weighted by Crippen LogP contribution is -2.00. The van der Waals surface area contributed by atoms with Crippen molar-refractivity contribution in [1.29, 1.82) is 0 Å². The third-order valence-electron chi connectivity index (χ3n) is 2.21. The average Bonchev–Trinajstić information content (AvgIpc) is 2.29. The molecule has 4 nitrogen and oxygen atoms in total. The molecule has 0 fully saturated rings. The van der Waals surface area contributed by atoms with E-state index in [-0.39, 0.29) is 7.43 Å². The summed E-state index contributed by atoms with van der Waals surface area (Å²) in [4.78, 5) is 8.41. The molecule has 90 valence electrons. The number of benzene rings is 1. The minimum atomic E-state index is 0. The van der Waals surface area contributed by atoms with Crippen LogP contribution in [0.2, 0.25) is 0 Å². The Hall–Kier alpha value is -1.94. The van der Waals surface area contributed by atoms with Gasteiger partial charge in [-0.1, -0.05) is 19.6 Å². The molecule has 2 aromatic rings. The normalized spacial score (nSPS) is 9.53. The molecule has 0 amide bonds. The molecule has 1 aromatic heterocycles. The minimum Gasteiger partial charge on any atom is -0.326 e. The number of rotatable bonds is 3. The van der Waals surface area contributed by atoms with Crippen LogP contribution in [-0.4, -0.2) is 9.97 Å². The van der Waals surface area contributed by atoms with Gasteiger partial charge in [0.15, 0.2) is 0 Å². The van der Waals surface area contributed by atoms with E-state index in [0.29, 0.717) is 12.5 Å². The maximum Gasteiger partial charge on any atom is 0.227 e. The van der Waals surface area contributed by atoms with Gasteiger partial charge in [-0.05, 0) is 30.7 Å². The zero-order chi connectivity index (χ0) is 11.4. The van der Waals surface area contributed by atoms with Gasteiger partial charge in [-0.2, -0.15) is 0 Å². The molecular formula is C13H18N4. The summed E-state index contributed by atoms with van der Waals surface area (Å²) in [5, 5.41) is 3.14. The molecule has 0 aliphatic rings. The van der Waals surface area contributed by atoms with Crippen molar-refractivity contribution in [3.8, 4) is 0 Å². The first-order chi connectivity index (χ1) is 7.78. The second kappa shape index (κ2) is 5.96. The fraction of sp³-hybridized carbons (Fsp3) is 0.231. The van der Waals surface area contributed by atoms with Crippen molar-refractivity contribution >= 4 is 11.6 Å². The number of aromatic nitrogens is 2. The lowest BCUT2D eigenvalue weighted by molar-refractivity contribution is 1.07. The number of nitrogens with zero attached hydrogens (tertiary/aromatic N) is 2. The van der Waals surface area contributed by atoms with Gasteiger partial charge in [-0.15, -0.1) is 0 Å². The van der Waals surface area contributed by atoms with Gasteiger partial charge in [0, 0.05) is 24.1 Å². The number of hydrogen-bond acceptors (Lipinski definition) is 4. The number of hydrogen-bond donors (Lipinski definition) is 2. The van der Waals surface area contributed by atoms with E-state index in [4.69, 9.17) is 5.73 Å². The molecule has 0 saturated heterocycles. The Kier molecular flexibility index (Phi) is 4.60. The number of anilines is 2. The minimum absolute atomic E-state index is 0. The van der Waals surface area contributed by atoms with E-state index in [9.17, 15) is 0 Å². The molecule has 0 spiro atoms. The van der Waals surface area contributed by atoms with Crippen molar-refractivity contribution in [2.45, 2.75) is 20.9 Å². The molecular weight excluding hydrogens is 212 g/mol. The molecule has 3 N–H and O–H groups in total. The summed E-state index contributed by atoms with van der Waals surface area (Å²) in [5.41, 5.74) is 8.55. The van der Waals surface area contributed by atoms with E-state index in [1.807, 2.05) is 37.3 Å². The highest BCUT2D eigenvalue weighted by Crippen LogP contribution is 2.14. The summed E-state index contributed by atoms with van der Waals surface area (Å²) < 4.78 is 0. The second-order valence-electron chi connectivity index (χ2n) is 3.55. The molecule has 1 heterocycles. The lowest BCUT2D eigenvalue weighted by Gasteiger charge is -2.06. The highest BCUT2D eigenvalue weighted by Gasteiger charge is 1.98. The molecule has 2 rings (SSSR count). The first-order valence-electron chi connectivity index (χ1n) is 5.13. The van der Waals surface area contributed by atoms with E-state index in [2.05, 4.69) is 15.3 Å². The van der Waals surface area contributed by atoms with Gasteiger partial charge in [-0.3, -0.25) is 0 Å². The number of nitrogens with one attached hydrogen (secondary N) is 1. The van der Waals surface area contributed by atoms with Crippen molar-refractivity contribution < 1.29 is 0 Å². The highest BCUT2D eigenvalue weighted by molar-refractivity contribution is 5.54. The molecule has 4 heteroatoms. The number of nitrogens with two attached hydrogens (primary N) is 1. The Morgan fingerprint density at radius 3 is 2.82 bits per heavy atom. The van der Waals surface area contributed by atoms with Gasteiger partial charge in [0.25, 0.3) is 0 Å². The van der Waals surface area contributed by atoms with Crippen molar-refractivity contribution in [3.05, 3.63) is 47.8 Å². The molecule has 0 radical (unpaired) electrons. The van der Waals surface area contributed by atoms with Crippen LogP contribution in [0.15, 0.2) is 36.5 Å². The molecule has 0 aliphatic heterocycles. The van der Waals surface area contributed by atoms with Crippen molar-refractivity contribution in [3.63, 3.8) is 0 Å². The summed E-state index contributed by atoms with van der Waals surface area (Å²) in [5.74, 6) is 0.606.